The first-order valence-corrected chi connectivity index (χ1v) is 7.78. The minimum absolute atomic E-state index is 0.194. The summed E-state index contributed by atoms with van der Waals surface area (Å²) in [6, 6.07) is 5.48. The molecule has 0 heterocycles. The molecule has 102 valence electrons. The fraction of sp³-hybridized carbons (Fsp3) is 0.385. The Labute approximate surface area is 133 Å². The summed E-state index contributed by atoms with van der Waals surface area (Å²) < 4.78 is 1.67. The van der Waals surface area contributed by atoms with Gasteiger partial charge >= 0.3 is 5.97 Å². The third-order valence-corrected chi connectivity index (χ3v) is 4.89. The Hall–Kier alpha value is -0.630. The molecule has 0 spiro atoms. The molecule has 4 nitrogen and oxygen atoms in total. The molecule has 1 saturated carbocycles. The number of benzene rings is 1. The van der Waals surface area contributed by atoms with Crippen LogP contribution >= 0.6 is 38.5 Å². The number of carbonyl (C=O) groups excluding carboxylic acids is 1. The van der Waals surface area contributed by atoms with Crippen LogP contribution in [0.2, 0.25) is 0 Å². The van der Waals surface area contributed by atoms with Crippen LogP contribution in [0.1, 0.15) is 29.6 Å². The summed E-state index contributed by atoms with van der Waals surface area (Å²) in [5, 5.41) is 11.9. The standard InChI is InChI=1S/C13H13BrINO3/c14-10-3-2-8(15)6-9(10)11(17)16-7-13(12(18)19)4-1-5-13/h2-3,6H,1,4-5,7H2,(H,16,17)(H,18,19). The summed E-state index contributed by atoms with van der Waals surface area (Å²) in [5.41, 5.74) is -0.226. The smallest absolute Gasteiger partial charge is 0.311 e. The normalized spacial score (nSPS) is 16.5. The second-order valence-corrected chi connectivity index (χ2v) is 6.85. The van der Waals surface area contributed by atoms with E-state index < -0.39 is 11.4 Å². The SMILES string of the molecule is O=C(NCC1(C(=O)O)CCC1)c1cc(I)ccc1Br. The molecule has 2 N–H and O–H groups in total. The van der Waals surface area contributed by atoms with Crippen molar-refractivity contribution in [1.82, 2.24) is 5.32 Å². The Morgan fingerprint density at radius 3 is 2.63 bits per heavy atom. The van der Waals surface area contributed by atoms with E-state index in [4.69, 9.17) is 0 Å². The Bertz CT molecular complexity index is 529. The van der Waals surface area contributed by atoms with Crippen molar-refractivity contribution in [1.29, 1.82) is 0 Å². The lowest BCUT2D eigenvalue weighted by Gasteiger charge is -2.37. The van der Waals surface area contributed by atoms with Crippen LogP contribution in [0, 0.1) is 8.99 Å². The molecule has 0 radical (unpaired) electrons. The van der Waals surface area contributed by atoms with Gasteiger partial charge < -0.3 is 10.4 Å². The van der Waals surface area contributed by atoms with Crippen LogP contribution in [0.25, 0.3) is 0 Å². The molecule has 19 heavy (non-hydrogen) atoms. The van der Waals surface area contributed by atoms with Gasteiger partial charge in [-0.1, -0.05) is 6.42 Å². The zero-order valence-corrected chi connectivity index (χ0v) is 13.8. The molecule has 6 heteroatoms. The molecule has 0 saturated heterocycles. The molecular formula is C13H13BrINO3. The van der Waals surface area contributed by atoms with E-state index in [1.54, 1.807) is 6.07 Å². The summed E-state index contributed by atoms with van der Waals surface area (Å²) in [6.45, 7) is 0.194. The highest BCUT2D eigenvalue weighted by Crippen LogP contribution is 2.40. The monoisotopic (exact) mass is 437 g/mol. The Morgan fingerprint density at radius 2 is 2.11 bits per heavy atom. The molecule has 2 rings (SSSR count). The van der Waals surface area contributed by atoms with Crippen LogP contribution in [-0.2, 0) is 4.79 Å². The quantitative estimate of drug-likeness (QED) is 0.711. The largest absolute Gasteiger partial charge is 0.481 e. The van der Waals surface area contributed by atoms with Gasteiger partial charge in [-0.05, 0) is 69.6 Å². The van der Waals surface area contributed by atoms with E-state index in [0.29, 0.717) is 22.9 Å². The van der Waals surface area contributed by atoms with Crippen molar-refractivity contribution in [3.05, 3.63) is 31.8 Å². The average molecular weight is 438 g/mol. The zero-order chi connectivity index (χ0) is 14.0. The molecule has 0 aromatic heterocycles. The summed E-state index contributed by atoms with van der Waals surface area (Å²) in [6.07, 6.45) is 2.18. The van der Waals surface area contributed by atoms with Gasteiger partial charge in [0, 0.05) is 14.6 Å². The molecule has 0 unspecified atom stereocenters. The maximum atomic E-state index is 12.1. The Balaban J connectivity index is 2.05. The highest BCUT2D eigenvalue weighted by molar-refractivity contribution is 14.1. The van der Waals surface area contributed by atoms with E-state index in [2.05, 4.69) is 43.8 Å². The van der Waals surface area contributed by atoms with Crippen molar-refractivity contribution >= 4 is 50.4 Å². The number of aliphatic carboxylic acids is 1. The number of carbonyl (C=O) groups is 2. The first kappa shape index (κ1) is 14.8. The highest BCUT2D eigenvalue weighted by atomic mass is 127. The predicted octanol–water partition coefficient (Wildman–Crippen LogP) is 3.04. The van der Waals surface area contributed by atoms with Crippen LogP contribution in [0.5, 0.6) is 0 Å². The third kappa shape index (κ3) is 3.10. The predicted molar refractivity (Wildman–Crippen MR) is 83.1 cm³/mol. The number of nitrogens with one attached hydrogen (secondary N) is 1. The van der Waals surface area contributed by atoms with Gasteiger partial charge in [0.05, 0.1) is 11.0 Å². The molecule has 0 atom stereocenters. The maximum Gasteiger partial charge on any atom is 0.311 e. The minimum atomic E-state index is -0.819. The molecule has 1 aromatic rings. The van der Waals surface area contributed by atoms with Crippen LogP contribution in [0.3, 0.4) is 0 Å². The molecule has 1 aliphatic rings. The highest BCUT2D eigenvalue weighted by Gasteiger charge is 2.44. The zero-order valence-electron chi connectivity index (χ0n) is 10.1. The second kappa shape index (κ2) is 5.78. The Kier molecular flexibility index (Phi) is 4.50. The third-order valence-electron chi connectivity index (χ3n) is 3.52. The molecule has 1 fully saturated rings. The fourth-order valence-electron chi connectivity index (χ4n) is 2.09. The van der Waals surface area contributed by atoms with Gasteiger partial charge in [-0.3, -0.25) is 9.59 Å². The molecule has 1 aromatic carbocycles. The summed E-state index contributed by atoms with van der Waals surface area (Å²) in [5.74, 6) is -1.06. The van der Waals surface area contributed by atoms with Gasteiger partial charge in [-0.25, -0.2) is 0 Å². The van der Waals surface area contributed by atoms with E-state index in [1.165, 1.54) is 0 Å². The van der Waals surface area contributed by atoms with E-state index >= 15 is 0 Å². The first-order valence-electron chi connectivity index (χ1n) is 5.91. The lowest BCUT2D eigenvalue weighted by Crippen LogP contribution is -2.47. The van der Waals surface area contributed by atoms with Crippen LogP contribution in [0.4, 0.5) is 0 Å². The summed E-state index contributed by atoms with van der Waals surface area (Å²) in [4.78, 5) is 23.3. The number of hydrogen-bond donors (Lipinski definition) is 2. The van der Waals surface area contributed by atoms with Gasteiger partial charge in [0.2, 0.25) is 0 Å². The van der Waals surface area contributed by atoms with E-state index in [1.807, 2.05) is 12.1 Å². The number of rotatable bonds is 4. The van der Waals surface area contributed by atoms with E-state index in [-0.39, 0.29) is 12.5 Å². The van der Waals surface area contributed by atoms with Gasteiger partial charge in [0.1, 0.15) is 0 Å². The van der Waals surface area contributed by atoms with Gasteiger partial charge in [-0.15, -0.1) is 0 Å². The second-order valence-electron chi connectivity index (χ2n) is 4.75. The van der Waals surface area contributed by atoms with Gasteiger partial charge in [-0.2, -0.15) is 0 Å². The van der Waals surface area contributed by atoms with Gasteiger partial charge in [0.15, 0.2) is 0 Å². The number of halogens is 2. The average Bonchev–Trinajstić information content (AvgIpc) is 2.30. The van der Waals surface area contributed by atoms with Crippen LogP contribution in [-0.4, -0.2) is 23.5 Å². The minimum Gasteiger partial charge on any atom is -0.481 e. The van der Waals surface area contributed by atoms with Crippen molar-refractivity contribution < 1.29 is 14.7 Å². The Morgan fingerprint density at radius 1 is 1.42 bits per heavy atom. The lowest BCUT2D eigenvalue weighted by atomic mass is 9.69. The molecule has 1 aliphatic carbocycles. The molecule has 0 aliphatic heterocycles. The van der Waals surface area contributed by atoms with Crippen molar-refractivity contribution in [3.63, 3.8) is 0 Å². The number of hydrogen-bond acceptors (Lipinski definition) is 2. The van der Waals surface area contributed by atoms with E-state index in [9.17, 15) is 14.7 Å². The molecular weight excluding hydrogens is 425 g/mol. The summed E-state index contributed by atoms with van der Waals surface area (Å²) >= 11 is 5.47. The first-order chi connectivity index (χ1) is 8.94. The molecule has 1 amide bonds. The van der Waals surface area contributed by atoms with Crippen LogP contribution < -0.4 is 5.32 Å². The number of amides is 1. The summed E-state index contributed by atoms with van der Waals surface area (Å²) in [7, 11) is 0. The topological polar surface area (TPSA) is 66.4 Å². The number of carboxylic acid groups (broad SMARTS) is 1. The van der Waals surface area contributed by atoms with E-state index in [0.717, 1.165) is 9.99 Å². The van der Waals surface area contributed by atoms with Crippen molar-refractivity contribution in [2.24, 2.45) is 5.41 Å². The maximum absolute atomic E-state index is 12.1. The lowest BCUT2D eigenvalue weighted by molar-refractivity contribution is -0.153. The van der Waals surface area contributed by atoms with Crippen LogP contribution in [0.15, 0.2) is 22.7 Å². The van der Waals surface area contributed by atoms with Crippen molar-refractivity contribution in [2.45, 2.75) is 19.3 Å². The number of carboxylic acids is 1. The van der Waals surface area contributed by atoms with Crippen molar-refractivity contribution in [3.8, 4) is 0 Å². The fourth-order valence-corrected chi connectivity index (χ4v) is 3.00. The van der Waals surface area contributed by atoms with Crippen molar-refractivity contribution in [2.75, 3.05) is 6.54 Å². The molecule has 0 bridgehead atoms. The van der Waals surface area contributed by atoms with Gasteiger partial charge in [0.25, 0.3) is 5.91 Å².